The normalized spacial score (nSPS) is 11.1. The molecule has 0 aliphatic rings. The average molecular weight is 677 g/mol. The lowest BCUT2D eigenvalue weighted by Crippen LogP contribution is -2.12. The molecule has 14 heteroatoms. The van der Waals surface area contributed by atoms with E-state index in [9.17, 15) is 9.18 Å². The molecule has 6 nitrogen and oxygen atoms in total. The summed E-state index contributed by atoms with van der Waals surface area (Å²) in [4.78, 5) is 12.7. The fourth-order valence-electron chi connectivity index (χ4n) is 3.01. The Kier molecular flexibility index (Phi) is 8.67. The number of aromatic nitrogens is 2. The average Bonchev–Trinajstić information content (AvgIpc) is 3.45. The number of nitrogens with zero attached hydrogens (tertiary/aromatic N) is 2. The summed E-state index contributed by atoms with van der Waals surface area (Å²) in [5, 5.41) is 7.10. The van der Waals surface area contributed by atoms with Gasteiger partial charge < -0.3 is 14.5 Å². The van der Waals surface area contributed by atoms with E-state index in [1.165, 1.54) is 28.9 Å². The maximum absolute atomic E-state index is 14.1. The molecule has 0 saturated heterocycles. The molecular formula is C22H11BrCl6FN3O3. The Morgan fingerprint density at radius 2 is 1.69 bits per heavy atom. The number of amides is 1. The van der Waals surface area contributed by atoms with Gasteiger partial charge in [0.15, 0.2) is 17.3 Å². The molecule has 0 fully saturated rings. The number of ether oxygens (including phenoxy) is 1. The SMILES string of the molecule is O=C(Nc1nn(Cc2c(F)cccc2Cl)cc1Br)c1ccc(COc2c(Cl)c(Cl)c(Cl)c(Cl)c2Cl)o1. The molecule has 2 aromatic carbocycles. The van der Waals surface area contributed by atoms with Crippen molar-refractivity contribution in [1.29, 1.82) is 0 Å². The van der Waals surface area contributed by atoms with Gasteiger partial charge in [-0.15, -0.1) is 0 Å². The summed E-state index contributed by atoms with van der Waals surface area (Å²) in [6.07, 6.45) is 1.58. The number of nitrogens with one attached hydrogen (secondary N) is 1. The summed E-state index contributed by atoms with van der Waals surface area (Å²) in [5.41, 5.74) is 0.270. The van der Waals surface area contributed by atoms with Crippen LogP contribution in [0.1, 0.15) is 21.9 Å². The van der Waals surface area contributed by atoms with Gasteiger partial charge >= 0.3 is 0 Å². The van der Waals surface area contributed by atoms with E-state index in [2.05, 4.69) is 26.3 Å². The van der Waals surface area contributed by atoms with E-state index in [1.807, 2.05) is 0 Å². The lowest BCUT2D eigenvalue weighted by molar-refractivity contribution is 0.0992. The smallest absolute Gasteiger partial charge is 0.292 e. The van der Waals surface area contributed by atoms with Gasteiger partial charge in [-0.1, -0.05) is 75.7 Å². The third-order valence-corrected chi connectivity index (χ3v) is 7.92. The first-order valence-corrected chi connectivity index (χ1v) is 12.8. The number of benzene rings is 2. The second-order valence-corrected chi connectivity index (χ2v) is 10.3. The monoisotopic (exact) mass is 673 g/mol. The summed E-state index contributed by atoms with van der Waals surface area (Å²) < 4.78 is 27.1. The molecule has 0 aliphatic carbocycles. The van der Waals surface area contributed by atoms with Gasteiger partial charge in [0.05, 0.1) is 26.1 Å². The van der Waals surface area contributed by atoms with Crippen LogP contribution in [0, 0.1) is 5.82 Å². The van der Waals surface area contributed by atoms with Crippen LogP contribution in [0.5, 0.6) is 5.75 Å². The fourth-order valence-corrected chi connectivity index (χ4v) is 4.88. The van der Waals surface area contributed by atoms with Gasteiger partial charge in [0.25, 0.3) is 5.91 Å². The molecule has 1 amide bonds. The van der Waals surface area contributed by atoms with Crippen LogP contribution in [0.15, 0.2) is 45.4 Å². The van der Waals surface area contributed by atoms with Crippen LogP contribution in [-0.2, 0) is 13.2 Å². The molecule has 0 spiro atoms. The molecule has 0 bridgehead atoms. The van der Waals surface area contributed by atoms with Gasteiger partial charge in [0.1, 0.15) is 28.2 Å². The van der Waals surface area contributed by atoms with Crippen molar-refractivity contribution in [2.24, 2.45) is 0 Å². The van der Waals surface area contributed by atoms with Crippen molar-refractivity contribution >= 4 is 97.3 Å². The minimum atomic E-state index is -0.579. The zero-order valence-corrected chi connectivity index (χ0v) is 23.6. The number of rotatable bonds is 7. The quantitative estimate of drug-likeness (QED) is 0.157. The van der Waals surface area contributed by atoms with Crippen molar-refractivity contribution in [3.8, 4) is 5.75 Å². The number of anilines is 1. The third-order valence-electron chi connectivity index (χ3n) is 4.74. The zero-order chi connectivity index (χ0) is 26.1. The van der Waals surface area contributed by atoms with Gasteiger partial charge in [0, 0.05) is 16.8 Å². The Bertz CT molecular complexity index is 1430. The van der Waals surface area contributed by atoms with E-state index in [1.54, 1.807) is 12.3 Å². The molecule has 0 unspecified atom stereocenters. The van der Waals surface area contributed by atoms with E-state index in [4.69, 9.17) is 78.8 Å². The van der Waals surface area contributed by atoms with Gasteiger partial charge in [-0.05, 0) is 40.2 Å². The minimum Gasteiger partial charge on any atom is -0.482 e. The Hall–Kier alpha value is -1.65. The summed E-state index contributed by atoms with van der Waals surface area (Å²) in [5.74, 6) is -0.555. The van der Waals surface area contributed by atoms with E-state index >= 15 is 0 Å². The molecule has 2 heterocycles. The molecule has 36 heavy (non-hydrogen) atoms. The molecule has 0 atom stereocenters. The van der Waals surface area contributed by atoms with Crippen molar-refractivity contribution < 1.29 is 18.3 Å². The highest BCUT2D eigenvalue weighted by molar-refractivity contribution is 9.10. The maximum Gasteiger partial charge on any atom is 0.292 e. The van der Waals surface area contributed by atoms with Gasteiger partial charge in [0.2, 0.25) is 0 Å². The molecule has 188 valence electrons. The summed E-state index contributed by atoms with van der Waals surface area (Å²) in [7, 11) is 0. The van der Waals surface area contributed by atoms with Gasteiger partial charge in [-0.25, -0.2) is 4.39 Å². The molecule has 4 aromatic rings. The molecule has 0 aliphatic heterocycles. The van der Waals surface area contributed by atoms with E-state index in [0.717, 1.165) is 0 Å². The van der Waals surface area contributed by atoms with Crippen LogP contribution in [0.4, 0.5) is 10.2 Å². The Morgan fingerprint density at radius 3 is 2.36 bits per heavy atom. The van der Waals surface area contributed by atoms with E-state index < -0.39 is 11.7 Å². The van der Waals surface area contributed by atoms with Crippen molar-refractivity contribution in [2.75, 3.05) is 5.32 Å². The van der Waals surface area contributed by atoms with Crippen molar-refractivity contribution in [3.05, 3.63) is 94.0 Å². The fraction of sp³-hybridized carbons (Fsp3) is 0.0909. The van der Waals surface area contributed by atoms with Crippen LogP contribution >= 0.6 is 85.5 Å². The number of hydrogen-bond acceptors (Lipinski definition) is 4. The molecule has 1 N–H and O–H groups in total. The lowest BCUT2D eigenvalue weighted by atomic mass is 10.2. The molecule has 0 saturated carbocycles. The van der Waals surface area contributed by atoms with Crippen molar-refractivity contribution in [2.45, 2.75) is 13.2 Å². The lowest BCUT2D eigenvalue weighted by Gasteiger charge is -2.12. The summed E-state index contributed by atoms with van der Waals surface area (Å²) in [6.45, 7) is -0.0746. The first-order chi connectivity index (χ1) is 17.1. The van der Waals surface area contributed by atoms with Crippen LogP contribution < -0.4 is 10.1 Å². The van der Waals surface area contributed by atoms with Crippen LogP contribution in [0.2, 0.25) is 30.1 Å². The van der Waals surface area contributed by atoms with E-state index in [-0.39, 0.29) is 71.9 Å². The van der Waals surface area contributed by atoms with Crippen LogP contribution in [0.25, 0.3) is 0 Å². The predicted molar refractivity (Wildman–Crippen MR) is 143 cm³/mol. The first kappa shape index (κ1) is 27.4. The molecule has 4 rings (SSSR count). The standard InChI is InChI=1S/C22H11BrCl6FN3O3/c23-11-7-33(6-10-12(24)2-1-3-13(10)30)32-21(11)31-22(34)14-5-4-9(36-14)8-35-20-18(28)16(26)15(25)17(27)19(20)29/h1-5,7H,6,8H2,(H,31,32,34). The number of halogens is 8. The highest BCUT2D eigenvalue weighted by Gasteiger charge is 2.22. The Labute approximate surface area is 242 Å². The second kappa shape index (κ2) is 11.4. The van der Waals surface area contributed by atoms with Crippen LogP contribution in [-0.4, -0.2) is 15.7 Å². The molecule has 2 aromatic heterocycles. The highest BCUT2D eigenvalue weighted by atomic mass is 79.9. The maximum atomic E-state index is 14.1. The zero-order valence-electron chi connectivity index (χ0n) is 17.5. The van der Waals surface area contributed by atoms with E-state index in [0.29, 0.717) is 4.47 Å². The summed E-state index contributed by atoms with van der Waals surface area (Å²) >= 11 is 39.8. The number of furan rings is 1. The van der Waals surface area contributed by atoms with Gasteiger partial charge in [-0.2, -0.15) is 5.10 Å². The number of hydrogen-bond donors (Lipinski definition) is 1. The number of carbonyl (C=O) groups is 1. The topological polar surface area (TPSA) is 69.3 Å². The predicted octanol–water partition coefficient (Wildman–Crippen LogP) is 9.18. The molecule has 0 radical (unpaired) electrons. The summed E-state index contributed by atoms with van der Waals surface area (Å²) in [6, 6.07) is 7.38. The van der Waals surface area contributed by atoms with Crippen molar-refractivity contribution in [3.63, 3.8) is 0 Å². The largest absolute Gasteiger partial charge is 0.482 e. The minimum absolute atomic E-state index is 0.00300. The Morgan fingerprint density at radius 1 is 1.03 bits per heavy atom. The first-order valence-electron chi connectivity index (χ1n) is 9.77. The van der Waals surface area contributed by atoms with Gasteiger partial charge in [-0.3, -0.25) is 9.48 Å². The molecular weight excluding hydrogens is 666 g/mol. The third kappa shape index (κ3) is 5.75. The second-order valence-electron chi connectivity index (χ2n) is 7.13. The van der Waals surface area contributed by atoms with Crippen molar-refractivity contribution in [1.82, 2.24) is 9.78 Å². The Balaban J connectivity index is 1.43. The van der Waals surface area contributed by atoms with Crippen LogP contribution in [0.3, 0.4) is 0 Å². The highest BCUT2D eigenvalue weighted by Crippen LogP contribution is 2.48. The number of carbonyl (C=O) groups excluding carboxylic acids is 1.